The van der Waals surface area contributed by atoms with E-state index in [0.29, 0.717) is 5.56 Å². The van der Waals surface area contributed by atoms with Gasteiger partial charge in [0.15, 0.2) is 0 Å². The molecule has 5 heteroatoms. The van der Waals surface area contributed by atoms with Crippen molar-refractivity contribution in [1.82, 2.24) is 10.3 Å². The zero-order valence-electron chi connectivity index (χ0n) is 13.5. The van der Waals surface area contributed by atoms with Gasteiger partial charge in [0.05, 0.1) is 6.61 Å². The number of carbonyl (C=O) groups excluding carboxylic acids is 1. The van der Waals surface area contributed by atoms with Crippen molar-refractivity contribution < 1.29 is 9.90 Å². The quantitative estimate of drug-likeness (QED) is 0.903. The number of thiazole rings is 1. The molecule has 1 aliphatic carbocycles. The van der Waals surface area contributed by atoms with Crippen LogP contribution in [-0.4, -0.2) is 28.6 Å². The summed E-state index contributed by atoms with van der Waals surface area (Å²) in [7, 11) is 0. The van der Waals surface area contributed by atoms with Crippen LogP contribution in [0, 0.1) is 12.3 Å². The maximum absolute atomic E-state index is 12.6. The van der Waals surface area contributed by atoms with Crippen LogP contribution >= 0.6 is 11.3 Å². The summed E-state index contributed by atoms with van der Waals surface area (Å²) in [4.78, 5) is 17.1. The lowest BCUT2D eigenvalue weighted by Crippen LogP contribution is -2.44. The zero-order valence-corrected chi connectivity index (χ0v) is 14.3. The molecule has 1 aromatic carbocycles. The molecule has 1 aromatic heterocycles. The van der Waals surface area contributed by atoms with E-state index >= 15 is 0 Å². The number of amides is 1. The third kappa shape index (κ3) is 3.31. The molecule has 4 nitrogen and oxygen atoms in total. The number of aromatic nitrogens is 1. The summed E-state index contributed by atoms with van der Waals surface area (Å²) in [5, 5.41) is 15.7. The predicted molar refractivity (Wildman–Crippen MR) is 92.6 cm³/mol. The van der Waals surface area contributed by atoms with E-state index in [1.54, 1.807) is 11.3 Å². The van der Waals surface area contributed by atoms with E-state index in [1.807, 2.05) is 43.5 Å². The molecule has 1 amide bonds. The first-order valence-corrected chi connectivity index (χ1v) is 8.84. The molecule has 2 aromatic rings. The van der Waals surface area contributed by atoms with Crippen molar-refractivity contribution in [1.29, 1.82) is 0 Å². The van der Waals surface area contributed by atoms with Gasteiger partial charge < -0.3 is 10.4 Å². The van der Waals surface area contributed by atoms with Crippen molar-refractivity contribution in [2.45, 2.75) is 39.2 Å². The summed E-state index contributed by atoms with van der Waals surface area (Å²) >= 11 is 1.58. The second kappa shape index (κ2) is 6.42. The van der Waals surface area contributed by atoms with Crippen LogP contribution in [-0.2, 0) is 0 Å². The number of aliphatic hydroxyl groups is 1. The smallest absolute Gasteiger partial charge is 0.251 e. The minimum Gasteiger partial charge on any atom is -0.396 e. The van der Waals surface area contributed by atoms with E-state index in [-0.39, 0.29) is 24.0 Å². The highest BCUT2D eigenvalue weighted by Gasteiger charge is 2.39. The summed E-state index contributed by atoms with van der Waals surface area (Å²) < 4.78 is 0. The van der Waals surface area contributed by atoms with E-state index in [9.17, 15) is 9.90 Å². The number of benzene rings is 1. The van der Waals surface area contributed by atoms with Gasteiger partial charge in [0.1, 0.15) is 5.01 Å². The van der Waals surface area contributed by atoms with Gasteiger partial charge in [-0.05, 0) is 31.9 Å². The third-order valence-electron chi connectivity index (χ3n) is 4.74. The molecule has 0 saturated heterocycles. The summed E-state index contributed by atoms with van der Waals surface area (Å²) in [5.74, 6) is -0.0771. The molecule has 1 saturated carbocycles. The van der Waals surface area contributed by atoms with E-state index in [1.165, 1.54) is 0 Å². The van der Waals surface area contributed by atoms with Crippen molar-refractivity contribution in [2.24, 2.45) is 5.41 Å². The average molecular weight is 330 g/mol. The van der Waals surface area contributed by atoms with Crippen LogP contribution < -0.4 is 5.32 Å². The molecule has 2 unspecified atom stereocenters. The second-order valence-electron chi connectivity index (χ2n) is 6.61. The first-order valence-electron chi connectivity index (χ1n) is 7.96. The molecule has 1 fully saturated rings. The van der Waals surface area contributed by atoms with Crippen molar-refractivity contribution in [2.75, 3.05) is 6.61 Å². The Morgan fingerprint density at radius 2 is 2.35 bits per heavy atom. The molecular weight excluding hydrogens is 308 g/mol. The van der Waals surface area contributed by atoms with Crippen molar-refractivity contribution in [3.63, 3.8) is 0 Å². The molecule has 3 rings (SSSR count). The van der Waals surface area contributed by atoms with Crippen LogP contribution in [0.3, 0.4) is 0 Å². The molecular formula is C18H22N2O2S. The van der Waals surface area contributed by atoms with E-state index in [4.69, 9.17) is 0 Å². The SMILES string of the molecule is Cc1csc(-c2cccc(C(=O)NC3CCCC3(C)CO)c2)n1. The number of aliphatic hydroxyl groups excluding tert-OH is 1. The number of rotatable bonds is 4. The Morgan fingerprint density at radius 3 is 3.04 bits per heavy atom. The molecule has 1 aliphatic rings. The fraction of sp³-hybridized carbons (Fsp3) is 0.444. The Hall–Kier alpha value is -1.72. The molecule has 0 radical (unpaired) electrons. The van der Waals surface area contributed by atoms with Gasteiger partial charge in [0.2, 0.25) is 0 Å². The molecule has 0 spiro atoms. The molecule has 23 heavy (non-hydrogen) atoms. The highest BCUT2D eigenvalue weighted by Crippen LogP contribution is 2.37. The van der Waals surface area contributed by atoms with Crippen LogP contribution in [0.5, 0.6) is 0 Å². The maximum Gasteiger partial charge on any atom is 0.251 e. The second-order valence-corrected chi connectivity index (χ2v) is 7.46. The number of hydrogen-bond donors (Lipinski definition) is 2. The number of hydrogen-bond acceptors (Lipinski definition) is 4. The van der Waals surface area contributed by atoms with Gasteiger partial charge in [-0.15, -0.1) is 11.3 Å². The van der Waals surface area contributed by atoms with Gasteiger partial charge in [-0.3, -0.25) is 4.79 Å². The van der Waals surface area contributed by atoms with Gasteiger partial charge in [-0.2, -0.15) is 0 Å². The summed E-state index contributed by atoms with van der Waals surface area (Å²) in [6, 6.07) is 7.61. The number of carbonyl (C=O) groups is 1. The lowest BCUT2D eigenvalue weighted by molar-refractivity contribution is 0.0830. The molecule has 122 valence electrons. The van der Waals surface area contributed by atoms with Gasteiger partial charge in [-0.25, -0.2) is 4.98 Å². The lowest BCUT2D eigenvalue weighted by atomic mass is 9.85. The van der Waals surface area contributed by atoms with Crippen LogP contribution in [0.2, 0.25) is 0 Å². The molecule has 2 atom stereocenters. The van der Waals surface area contributed by atoms with Crippen LogP contribution in [0.1, 0.15) is 42.2 Å². The number of nitrogens with zero attached hydrogens (tertiary/aromatic N) is 1. The summed E-state index contributed by atoms with van der Waals surface area (Å²) in [5.41, 5.74) is 2.39. The molecule has 0 bridgehead atoms. The normalized spacial score (nSPS) is 23.9. The Kier molecular flexibility index (Phi) is 4.50. The van der Waals surface area contributed by atoms with Crippen molar-refractivity contribution in [3.05, 3.63) is 40.9 Å². The van der Waals surface area contributed by atoms with Gasteiger partial charge in [0.25, 0.3) is 5.91 Å². The highest BCUT2D eigenvalue weighted by atomic mass is 32.1. The minimum absolute atomic E-state index is 0.0331. The fourth-order valence-electron chi connectivity index (χ4n) is 3.19. The first-order chi connectivity index (χ1) is 11.0. The van der Waals surface area contributed by atoms with Crippen LogP contribution in [0.4, 0.5) is 0 Å². The first kappa shape index (κ1) is 16.1. The summed E-state index contributed by atoms with van der Waals surface area (Å²) in [6.45, 7) is 4.11. The Morgan fingerprint density at radius 1 is 1.52 bits per heavy atom. The van der Waals surface area contributed by atoms with Crippen molar-refractivity contribution >= 4 is 17.2 Å². The lowest BCUT2D eigenvalue weighted by Gasteiger charge is -2.30. The maximum atomic E-state index is 12.6. The largest absolute Gasteiger partial charge is 0.396 e. The van der Waals surface area contributed by atoms with E-state index in [2.05, 4.69) is 10.3 Å². The Labute approximate surface area is 140 Å². The minimum atomic E-state index is -0.209. The van der Waals surface area contributed by atoms with Gasteiger partial charge in [0, 0.05) is 33.7 Å². The Balaban J connectivity index is 1.78. The van der Waals surface area contributed by atoms with E-state index in [0.717, 1.165) is 35.5 Å². The number of nitrogens with one attached hydrogen (secondary N) is 1. The van der Waals surface area contributed by atoms with Crippen LogP contribution in [0.15, 0.2) is 29.6 Å². The molecule has 2 N–H and O–H groups in total. The van der Waals surface area contributed by atoms with Gasteiger partial charge in [-0.1, -0.05) is 25.5 Å². The average Bonchev–Trinajstić information content (AvgIpc) is 3.15. The van der Waals surface area contributed by atoms with Crippen molar-refractivity contribution in [3.8, 4) is 10.6 Å². The highest BCUT2D eigenvalue weighted by molar-refractivity contribution is 7.13. The fourth-order valence-corrected chi connectivity index (χ4v) is 3.98. The zero-order chi connectivity index (χ0) is 16.4. The standard InChI is InChI=1S/C18H22N2O2S/c1-12-10-23-17(19-12)14-6-3-5-13(9-14)16(22)20-15-7-4-8-18(15,2)11-21/h3,5-6,9-10,15,21H,4,7-8,11H2,1-2H3,(H,20,22). The monoisotopic (exact) mass is 330 g/mol. The summed E-state index contributed by atoms with van der Waals surface area (Å²) in [6.07, 6.45) is 2.92. The topological polar surface area (TPSA) is 62.2 Å². The predicted octanol–water partition coefficient (Wildman–Crippen LogP) is 3.40. The third-order valence-corrected chi connectivity index (χ3v) is 5.75. The van der Waals surface area contributed by atoms with Crippen LogP contribution in [0.25, 0.3) is 10.6 Å². The van der Waals surface area contributed by atoms with Gasteiger partial charge >= 0.3 is 0 Å². The Bertz CT molecular complexity index is 713. The van der Waals surface area contributed by atoms with E-state index < -0.39 is 0 Å². The number of aryl methyl sites for hydroxylation is 1. The molecule has 0 aliphatic heterocycles. The molecule has 1 heterocycles.